The largest absolute Gasteiger partial charge is 0.489 e. The molecule has 1 saturated heterocycles. The maximum absolute atomic E-state index is 5.92. The minimum atomic E-state index is 0.165. The van der Waals surface area contributed by atoms with Crippen LogP contribution in [0.5, 0.6) is 5.75 Å². The van der Waals surface area contributed by atoms with Crippen LogP contribution < -0.4 is 15.4 Å². The first-order chi connectivity index (χ1) is 8.93. The number of aryl methyl sites for hydroxylation is 1. The summed E-state index contributed by atoms with van der Waals surface area (Å²) in [6.45, 7) is 4.25. The highest BCUT2D eigenvalue weighted by molar-refractivity contribution is 5.63. The molecular formula is C14H20N2O2. The first-order valence-electron chi connectivity index (χ1n) is 6.74. The predicted molar refractivity (Wildman–Crippen MR) is 71.4 cm³/mol. The van der Waals surface area contributed by atoms with Crippen molar-refractivity contribution in [2.45, 2.75) is 18.9 Å². The van der Waals surface area contributed by atoms with E-state index in [1.54, 1.807) is 0 Å². The Morgan fingerprint density at radius 3 is 3.22 bits per heavy atom. The van der Waals surface area contributed by atoms with Crippen LogP contribution in [0.15, 0.2) is 18.2 Å². The van der Waals surface area contributed by atoms with Gasteiger partial charge in [-0.1, -0.05) is 12.1 Å². The smallest absolute Gasteiger partial charge is 0.142 e. The second kappa shape index (κ2) is 5.59. The van der Waals surface area contributed by atoms with Crippen molar-refractivity contribution < 1.29 is 9.47 Å². The molecule has 2 heterocycles. The molecule has 0 spiro atoms. The van der Waals surface area contributed by atoms with Crippen molar-refractivity contribution >= 4 is 5.69 Å². The lowest BCUT2D eigenvalue weighted by atomic mass is 10.0. The van der Waals surface area contributed by atoms with Crippen LogP contribution in [0.25, 0.3) is 0 Å². The molecular weight excluding hydrogens is 228 g/mol. The Balaban J connectivity index is 1.65. The summed E-state index contributed by atoms with van der Waals surface area (Å²) in [4.78, 5) is 0. The van der Waals surface area contributed by atoms with Gasteiger partial charge in [-0.15, -0.1) is 0 Å². The molecule has 2 aliphatic rings. The highest BCUT2D eigenvalue weighted by Gasteiger charge is 2.17. The van der Waals surface area contributed by atoms with Crippen molar-refractivity contribution in [3.8, 4) is 5.75 Å². The summed E-state index contributed by atoms with van der Waals surface area (Å²) in [6, 6.07) is 6.28. The molecule has 3 rings (SSSR count). The number of ether oxygens (including phenoxy) is 2. The minimum Gasteiger partial charge on any atom is -0.489 e. The summed E-state index contributed by atoms with van der Waals surface area (Å²) >= 11 is 0. The first kappa shape index (κ1) is 11.8. The third-order valence-corrected chi connectivity index (χ3v) is 3.47. The zero-order valence-electron chi connectivity index (χ0n) is 10.6. The molecule has 1 aromatic rings. The van der Waals surface area contributed by atoms with Crippen molar-refractivity contribution in [2.24, 2.45) is 0 Å². The molecule has 0 radical (unpaired) electrons. The fraction of sp³-hybridized carbons (Fsp3) is 0.571. The maximum Gasteiger partial charge on any atom is 0.142 e. The molecule has 0 aliphatic carbocycles. The van der Waals surface area contributed by atoms with Gasteiger partial charge in [0.1, 0.15) is 18.5 Å². The number of para-hydroxylation sites is 1. The fourth-order valence-electron chi connectivity index (χ4n) is 2.51. The van der Waals surface area contributed by atoms with Gasteiger partial charge in [-0.25, -0.2) is 0 Å². The number of benzene rings is 1. The van der Waals surface area contributed by atoms with E-state index in [4.69, 9.17) is 9.47 Å². The van der Waals surface area contributed by atoms with E-state index < -0.39 is 0 Å². The summed E-state index contributed by atoms with van der Waals surface area (Å²) in [6.07, 6.45) is 2.51. The molecule has 1 fully saturated rings. The number of morpholine rings is 1. The molecule has 18 heavy (non-hydrogen) atoms. The Morgan fingerprint density at radius 1 is 1.33 bits per heavy atom. The SMILES string of the molecule is c1cc2c(c(OCC3CNCCO3)c1)NCCC2. The standard InChI is InChI=1S/C14H20N2O2/c1-3-11-4-2-6-16-14(11)13(5-1)18-10-12-9-15-7-8-17-12/h1,3,5,12,15-16H,2,4,6-10H2. The molecule has 4 heteroatoms. The lowest BCUT2D eigenvalue weighted by Crippen LogP contribution is -2.41. The molecule has 1 unspecified atom stereocenters. The second-order valence-corrected chi connectivity index (χ2v) is 4.83. The van der Waals surface area contributed by atoms with E-state index in [9.17, 15) is 0 Å². The van der Waals surface area contributed by atoms with Gasteiger partial charge in [0.05, 0.1) is 12.3 Å². The molecule has 0 aromatic heterocycles. The van der Waals surface area contributed by atoms with E-state index in [2.05, 4.69) is 22.8 Å². The van der Waals surface area contributed by atoms with Crippen LogP contribution in [-0.4, -0.2) is 39.0 Å². The molecule has 4 nitrogen and oxygen atoms in total. The lowest BCUT2D eigenvalue weighted by Gasteiger charge is -2.25. The Kier molecular flexibility index (Phi) is 3.67. The Labute approximate surface area is 108 Å². The van der Waals surface area contributed by atoms with Gasteiger partial charge in [0.15, 0.2) is 0 Å². The van der Waals surface area contributed by atoms with Crippen LogP contribution in [0.4, 0.5) is 5.69 Å². The quantitative estimate of drug-likeness (QED) is 0.849. The van der Waals surface area contributed by atoms with Gasteiger partial charge in [-0.05, 0) is 24.5 Å². The van der Waals surface area contributed by atoms with Crippen molar-refractivity contribution in [1.29, 1.82) is 0 Å². The van der Waals surface area contributed by atoms with Crippen molar-refractivity contribution in [3.63, 3.8) is 0 Å². The van der Waals surface area contributed by atoms with Gasteiger partial charge in [0.25, 0.3) is 0 Å². The van der Waals surface area contributed by atoms with Crippen LogP contribution in [-0.2, 0) is 11.2 Å². The number of anilines is 1. The molecule has 1 aromatic carbocycles. The third kappa shape index (κ3) is 2.60. The Bertz CT molecular complexity index is 403. The van der Waals surface area contributed by atoms with Gasteiger partial charge in [-0.2, -0.15) is 0 Å². The third-order valence-electron chi connectivity index (χ3n) is 3.47. The monoisotopic (exact) mass is 248 g/mol. The van der Waals surface area contributed by atoms with Crippen LogP contribution >= 0.6 is 0 Å². The zero-order chi connectivity index (χ0) is 12.2. The van der Waals surface area contributed by atoms with E-state index in [1.807, 2.05) is 6.07 Å². The van der Waals surface area contributed by atoms with Crippen molar-refractivity contribution in [3.05, 3.63) is 23.8 Å². The Hall–Kier alpha value is -1.26. The topological polar surface area (TPSA) is 42.5 Å². The number of fused-ring (bicyclic) bond motifs is 1. The molecule has 1 atom stereocenters. The van der Waals surface area contributed by atoms with Gasteiger partial charge >= 0.3 is 0 Å². The molecule has 0 saturated carbocycles. The van der Waals surface area contributed by atoms with Crippen LogP contribution in [0, 0.1) is 0 Å². The second-order valence-electron chi connectivity index (χ2n) is 4.83. The summed E-state index contributed by atoms with van der Waals surface area (Å²) < 4.78 is 11.6. The average molecular weight is 248 g/mol. The average Bonchev–Trinajstić information content (AvgIpc) is 2.46. The number of nitrogens with one attached hydrogen (secondary N) is 2. The lowest BCUT2D eigenvalue weighted by molar-refractivity contribution is 0.000321. The first-order valence-corrected chi connectivity index (χ1v) is 6.74. The van der Waals surface area contributed by atoms with E-state index in [1.165, 1.54) is 17.7 Å². The van der Waals surface area contributed by atoms with Gasteiger partial charge in [0.2, 0.25) is 0 Å². The van der Waals surface area contributed by atoms with Crippen molar-refractivity contribution in [2.75, 3.05) is 38.2 Å². The van der Waals surface area contributed by atoms with Crippen LogP contribution in [0.2, 0.25) is 0 Å². The van der Waals surface area contributed by atoms with E-state index in [-0.39, 0.29) is 6.10 Å². The molecule has 0 bridgehead atoms. The molecule has 98 valence electrons. The molecule has 2 N–H and O–H groups in total. The highest BCUT2D eigenvalue weighted by Crippen LogP contribution is 2.32. The summed E-state index contributed by atoms with van der Waals surface area (Å²) in [7, 11) is 0. The Morgan fingerprint density at radius 2 is 2.33 bits per heavy atom. The summed E-state index contributed by atoms with van der Waals surface area (Å²) in [5, 5.41) is 6.75. The summed E-state index contributed by atoms with van der Waals surface area (Å²) in [5.41, 5.74) is 2.54. The number of hydrogen-bond acceptors (Lipinski definition) is 4. The van der Waals surface area contributed by atoms with Gasteiger partial charge in [0, 0.05) is 19.6 Å². The highest BCUT2D eigenvalue weighted by atomic mass is 16.5. The summed E-state index contributed by atoms with van der Waals surface area (Å²) in [5.74, 6) is 0.960. The fourth-order valence-corrected chi connectivity index (χ4v) is 2.51. The maximum atomic E-state index is 5.92. The van der Waals surface area contributed by atoms with Gasteiger partial charge < -0.3 is 20.1 Å². The van der Waals surface area contributed by atoms with Crippen LogP contribution in [0.3, 0.4) is 0 Å². The van der Waals surface area contributed by atoms with E-state index in [0.29, 0.717) is 6.61 Å². The normalized spacial score (nSPS) is 23.0. The number of rotatable bonds is 3. The van der Waals surface area contributed by atoms with Crippen molar-refractivity contribution in [1.82, 2.24) is 5.32 Å². The minimum absolute atomic E-state index is 0.165. The van der Waals surface area contributed by atoms with Crippen LogP contribution in [0.1, 0.15) is 12.0 Å². The van der Waals surface area contributed by atoms with E-state index >= 15 is 0 Å². The van der Waals surface area contributed by atoms with Gasteiger partial charge in [-0.3, -0.25) is 0 Å². The molecule has 0 amide bonds. The number of hydrogen-bond donors (Lipinski definition) is 2. The zero-order valence-corrected chi connectivity index (χ0v) is 10.6. The molecule has 2 aliphatic heterocycles. The predicted octanol–water partition coefficient (Wildman–Crippen LogP) is 1.41. The van der Waals surface area contributed by atoms with E-state index in [0.717, 1.165) is 38.4 Å².